The molecule has 19 heavy (non-hydrogen) atoms. The van der Waals surface area contributed by atoms with Crippen molar-refractivity contribution in [1.82, 2.24) is 9.88 Å². The zero-order chi connectivity index (χ0) is 13.6. The average Bonchev–Trinajstić information content (AvgIpc) is 2.91. The third-order valence-corrected chi connectivity index (χ3v) is 4.56. The van der Waals surface area contributed by atoms with Crippen molar-refractivity contribution in [1.29, 1.82) is 0 Å². The van der Waals surface area contributed by atoms with E-state index in [2.05, 4.69) is 4.98 Å². The fourth-order valence-corrected chi connectivity index (χ4v) is 3.49. The molecule has 2 heterocycles. The van der Waals surface area contributed by atoms with Crippen LogP contribution in [0.3, 0.4) is 0 Å². The maximum absolute atomic E-state index is 12.5. The Hall–Kier alpha value is -1.42. The standard InChI is InChI=1S/C15H20N2O2/c1-9-3-5-12(10(2)16-9)15(19)17-7-11-4-6-14(18)13(11)8-17/h3,5,11,13-14,18H,4,6-8H2,1-2H3. The third kappa shape index (κ3) is 2.14. The maximum Gasteiger partial charge on any atom is 0.255 e. The first-order valence-corrected chi connectivity index (χ1v) is 6.98. The number of amides is 1. The topological polar surface area (TPSA) is 53.4 Å². The Bertz CT molecular complexity index is 515. The minimum absolute atomic E-state index is 0.0617. The number of rotatable bonds is 1. The fourth-order valence-electron chi connectivity index (χ4n) is 3.49. The number of carbonyl (C=O) groups is 1. The Kier molecular flexibility index (Phi) is 3.05. The summed E-state index contributed by atoms with van der Waals surface area (Å²) in [5.41, 5.74) is 2.42. The van der Waals surface area contributed by atoms with Crippen molar-refractivity contribution in [3.8, 4) is 0 Å². The van der Waals surface area contributed by atoms with Crippen LogP contribution in [0.15, 0.2) is 12.1 Å². The first-order valence-electron chi connectivity index (χ1n) is 6.98. The molecule has 1 saturated carbocycles. The van der Waals surface area contributed by atoms with Crippen LogP contribution in [0.5, 0.6) is 0 Å². The van der Waals surface area contributed by atoms with E-state index >= 15 is 0 Å². The summed E-state index contributed by atoms with van der Waals surface area (Å²) in [6.07, 6.45) is 1.71. The number of fused-ring (bicyclic) bond motifs is 1. The molecule has 0 spiro atoms. The summed E-state index contributed by atoms with van der Waals surface area (Å²) in [4.78, 5) is 18.8. The lowest BCUT2D eigenvalue weighted by Crippen LogP contribution is -2.31. The normalized spacial score (nSPS) is 29.6. The van der Waals surface area contributed by atoms with Gasteiger partial charge in [-0.3, -0.25) is 9.78 Å². The molecule has 4 heteroatoms. The van der Waals surface area contributed by atoms with Crippen molar-refractivity contribution in [2.75, 3.05) is 13.1 Å². The van der Waals surface area contributed by atoms with E-state index in [1.807, 2.05) is 30.9 Å². The van der Waals surface area contributed by atoms with Crippen LogP contribution in [0.4, 0.5) is 0 Å². The van der Waals surface area contributed by atoms with Crippen LogP contribution >= 0.6 is 0 Å². The number of carbonyl (C=O) groups excluding carboxylic acids is 1. The first kappa shape index (κ1) is 12.6. The highest BCUT2D eigenvalue weighted by Gasteiger charge is 2.43. The molecule has 0 aromatic carbocycles. The van der Waals surface area contributed by atoms with E-state index in [9.17, 15) is 9.90 Å². The highest BCUT2D eigenvalue weighted by atomic mass is 16.3. The van der Waals surface area contributed by atoms with Crippen LogP contribution in [0.1, 0.15) is 34.6 Å². The van der Waals surface area contributed by atoms with E-state index in [1.54, 1.807) is 0 Å². The summed E-state index contributed by atoms with van der Waals surface area (Å²) < 4.78 is 0. The molecule has 2 aliphatic rings. The van der Waals surface area contributed by atoms with Gasteiger partial charge in [-0.1, -0.05) is 0 Å². The lowest BCUT2D eigenvalue weighted by atomic mass is 10.00. The van der Waals surface area contributed by atoms with Gasteiger partial charge in [-0.15, -0.1) is 0 Å². The molecule has 1 aromatic heterocycles. The van der Waals surface area contributed by atoms with E-state index in [0.29, 0.717) is 18.0 Å². The summed E-state index contributed by atoms with van der Waals surface area (Å²) in [6, 6.07) is 3.75. The minimum atomic E-state index is -0.222. The van der Waals surface area contributed by atoms with Gasteiger partial charge < -0.3 is 10.0 Å². The molecule has 0 radical (unpaired) electrons. The van der Waals surface area contributed by atoms with Crippen molar-refractivity contribution < 1.29 is 9.90 Å². The molecule has 4 nitrogen and oxygen atoms in total. The van der Waals surface area contributed by atoms with E-state index < -0.39 is 0 Å². The summed E-state index contributed by atoms with van der Waals surface area (Å²) in [7, 11) is 0. The average molecular weight is 260 g/mol. The first-order chi connectivity index (χ1) is 9.06. The smallest absolute Gasteiger partial charge is 0.255 e. The van der Waals surface area contributed by atoms with Gasteiger partial charge in [-0.2, -0.15) is 0 Å². The molecule has 1 aliphatic heterocycles. The SMILES string of the molecule is Cc1ccc(C(=O)N2CC3CCC(O)C3C2)c(C)n1. The molecule has 102 valence electrons. The van der Waals surface area contributed by atoms with Gasteiger partial charge in [0, 0.05) is 24.7 Å². The van der Waals surface area contributed by atoms with Crippen LogP contribution in [-0.4, -0.2) is 40.1 Å². The minimum Gasteiger partial charge on any atom is -0.393 e. The van der Waals surface area contributed by atoms with Crippen LogP contribution in [0.25, 0.3) is 0 Å². The van der Waals surface area contributed by atoms with Crippen LogP contribution in [0.2, 0.25) is 0 Å². The van der Waals surface area contributed by atoms with E-state index in [1.165, 1.54) is 0 Å². The van der Waals surface area contributed by atoms with Crippen molar-refractivity contribution >= 4 is 5.91 Å². The van der Waals surface area contributed by atoms with Gasteiger partial charge in [0.05, 0.1) is 17.4 Å². The molecule has 1 saturated heterocycles. The zero-order valence-corrected chi connectivity index (χ0v) is 11.5. The lowest BCUT2D eigenvalue weighted by molar-refractivity contribution is 0.0751. The van der Waals surface area contributed by atoms with Crippen molar-refractivity contribution in [3.63, 3.8) is 0 Å². The Morgan fingerprint density at radius 2 is 2.11 bits per heavy atom. The zero-order valence-electron chi connectivity index (χ0n) is 11.5. The van der Waals surface area contributed by atoms with Gasteiger partial charge in [0.15, 0.2) is 0 Å². The quantitative estimate of drug-likeness (QED) is 0.833. The number of aliphatic hydroxyl groups is 1. The molecule has 1 aliphatic carbocycles. The lowest BCUT2D eigenvalue weighted by Gasteiger charge is -2.19. The molecule has 3 atom stereocenters. The Labute approximate surface area is 113 Å². The number of aromatic nitrogens is 1. The largest absolute Gasteiger partial charge is 0.393 e. The van der Waals surface area contributed by atoms with E-state index in [-0.39, 0.29) is 17.9 Å². The summed E-state index contributed by atoms with van der Waals surface area (Å²) in [5, 5.41) is 9.91. The summed E-state index contributed by atoms with van der Waals surface area (Å²) in [6.45, 7) is 5.29. The number of hydrogen-bond acceptors (Lipinski definition) is 3. The van der Waals surface area contributed by atoms with Crippen LogP contribution < -0.4 is 0 Å². The Morgan fingerprint density at radius 1 is 1.32 bits per heavy atom. The molecule has 1 aromatic rings. The predicted molar refractivity (Wildman–Crippen MR) is 71.8 cm³/mol. The second-order valence-electron chi connectivity index (χ2n) is 5.86. The van der Waals surface area contributed by atoms with Gasteiger partial charge in [-0.05, 0) is 44.7 Å². The maximum atomic E-state index is 12.5. The van der Waals surface area contributed by atoms with Gasteiger partial charge >= 0.3 is 0 Å². The van der Waals surface area contributed by atoms with Crippen LogP contribution in [-0.2, 0) is 0 Å². The van der Waals surface area contributed by atoms with Gasteiger partial charge in [-0.25, -0.2) is 0 Å². The molecule has 0 bridgehead atoms. The fraction of sp³-hybridized carbons (Fsp3) is 0.600. The second-order valence-corrected chi connectivity index (χ2v) is 5.86. The molecule has 1 N–H and O–H groups in total. The number of aryl methyl sites for hydroxylation is 2. The highest BCUT2D eigenvalue weighted by Crippen LogP contribution is 2.38. The monoisotopic (exact) mass is 260 g/mol. The summed E-state index contributed by atoms with van der Waals surface area (Å²) >= 11 is 0. The second kappa shape index (κ2) is 4.60. The van der Waals surface area contributed by atoms with E-state index in [4.69, 9.17) is 0 Å². The molecular weight excluding hydrogens is 240 g/mol. The van der Waals surface area contributed by atoms with Crippen LogP contribution in [0, 0.1) is 25.7 Å². The Morgan fingerprint density at radius 3 is 2.79 bits per heavy atom. The van der Waals surface area contributed by atoms with Gasteiger partial charge in [0.1, 0.15) is 0 Å². The molecule has 3 unspecified atom stereocenters. The molecule has 2 fully saturated rings. The van der Waals surface area contributed by atoms with Crippen molar-refractivity contribution in [3.05, 3.63) is 29.1 Å². The predicted octanol–water partition coefficient (Wildman–Crippen LogP) is 1.54. The van der Waals surface area contributed by atoms with Crippen molar-refractivity contribution in [2.45, 2.75) is 32.8 Å². The van der Waals surface area contributed by atoms with Gasteiger partial charge in [0.2, 0.25) is 0 Å². The molecule has 3 rings (SSSR count). The number of likely N-dealkylation sites (tertiary alicyclic amines) is 1. The highest BCUT2D eigenvalue weighted by molar-refractivity contribution is 5.95. The number of pyridine rings is 1. The van der Waals surface area contributed by atoms with Gasteiger partial charge in [0.25, 0.3) is 5.91 Å². The third-order valence-electron chi connectivity index (χ3n) is 4.56. The number of hydrogen-bond donors (Lipinski definition) is 1. The van der Waals surface area contributed by atoms with E-state index in [0.717, 1.165) is 30.8 Å². The number of nitrogens with zero attached hydrogens (tertiary/aromatic N) is 2. The Balaban J connectivity index is 1.78. The van der Waals surface area contributed by atoms with Crippen molar-refractivity contribution in [2.24, 2.45) is 11.8 Å². The molecule has 1 amide bonds. The molecular formula is C15H20N2O2. The summed E-state index contributed by atoms with van der Waals surface area (Å²) in [5.74, 6) is 0.826. The number of aliphatic hydroxyl groups excluding tert-OH is 1.